The second kappa shape index (κ2) is 11.4. The molecule has 2 aliphatic rings. The molecule has 0 aliphatic carbocycles. The molecule has 1 saturated heterocycles. The number of hydrogen-bond donors (Lipinski definition) is 0. The number of aromatic nitrogens is 3. The summed E-state index contributed by atoms with van der Waals surface area (Å²) in [5.41, 5.74) is 1.75. The minimum Gasteiger partial charge on any atom is -0.486 e. The number of carbonyl (C=O) groups is 1. The molecule has 0 bridgehead atoms. The van der Waals surface area contributed by atoms with Gasteiger partial charge in [-0.2, -0.15) is 0 Å². The number of nitrogens with zero attached hydrogens (tertiary/aromatic N) is 5. The molecule has 11 heteroatoms. The number of likely N-dealkylation sites (tertiary alicyclic amines) is 1. The fraction of sp³-hybridized carbons (Fsp3) is 0.517. The molecule has 0 atom stereocenters. The van der Waals surface area contributed by atoms with Crippen LogP contribution in [-0.2, 0) is 17.8 Å². The largest absolute Gasteiger partial charge is 0.486 e. The van der Waals surface area contributed by atoms with E-state index in [0.717, 1.165) is 31.5 Å². The lowest BCUT2D eigenvalue weighted by Crippen LogP contribution is -2.49. The van der Waals surface area contributed by atoms with Crippen molar-refractivity contribution in [1.29, 1.82) is 0 Å². The lowest BCUT2D eigenvalue weighted by Gasteiger charge is -2.39. The normalized spacial score (nSPS) is 16.2. The Balaban J connectivity index is 1.26. The second-order valence-corrected chi connectivity index (χ2v) is 11.3. The maximum Gasteiger partial charge on any atom is 0.410 e. The van der Waals surface area contributed by atoms with Gasteiger partial charge in [-0.3, -0.25) is 19.7 Å². The van der Waals surface area contributed by atoms with Crippen molar-refractivity contribution in [3.05, 3.63) is 58.0 Å². The molecule has 0 radical (unpaired) electrons. The van der Waals surface area contributed by atoms with Gasteiger partial charge in [0.15, 0.2) is 11.5 Å². The Morgan fingerprint density at radius 2 is 1.80 bits per heavy atom. The van der Waals surface area contributed by atoms with Gasteiger partial charge < -0.3 is 23.7 Å². The molecular formula is C29H36FN5O5. The number of halogens is 1. The van der Waals surface area contributed by atoms with Gasteiger partial charge in [-0.05, 0) is 46.1 Å². The zero-order valence-electron chi connectivity index (χ0n) is 23.5. The highest BCUT2D eigenvalue weighted by Crippen LogP contribution is 2.30. The minimum atomic E-state index is -0.630. The number of amides is 1. The molecule has 1 fully saturated rings. The first kappa shape index (κ1) is 27.8. The maximum absolute atomic E-state index is 14.0. The van der Waals surface area contributed by atoms with Crippen LogP contribution in [0.25, 0.3) is 11.0 Å². The van der Waals surface area contributed by atoms with Crippen molar-refractivity contribution in [2.75, 3.05) is 32.8 Å². The molecule has 0 aromatic carbocycles. The van der Waals surface area contributed by atoms with Gasteiger partial charge in [-0.1, -0.05) is 0 Å². The number of carbonyl (C=O) groups excluding carboxylic acids is 1. The van der Waals surface area contributed by atoms with Crippen molar-refractivity contribution >= 4 is 17.1 Å². The first-order chi connectivity index (χ1) is 19.1. The number of ether oxygens (including phenoxy) is 3. The van der Waals surface area contributed by atoms with Gasteiger partial charge in [0.1, 0.15) is 24.6 Å². The molecule has 0 unspecified atom stereocenters. The van der Waals surface area contributed by atoms with Crippen molar-refractivity contribution in [1.82, 2.24) is 24.3 Å². The van der Waals surface area contributed by atoms with E-state index in [1.807, 2.05) is 26.8 Å². The van der Waals surface area contributed by atoms with Crippen LogP contribution in [0.1, 0.15) is 44.9 Å². The van der Waals surface area contributed by atoms with Crippen molar-refractivity contribution in [2.24, 2.45) is 0 Å². The highest BCUT2D eigenvalue weighted by atomic mass is 19.1. The fourth-order valence-corrected chi connectivity index (χ4v) is 5.23. The van der Waals surface area contributed by atoms with Gasteiger partial charge in [0.25, 0.3) is 5.56 Å². The molecule has 1 amide bonds. The topological polar surface area (TPSA) is 99.0 Å². The average Bonchev–Trinajstić information content (AvgIpc) is 2.91. The summed E-state index contributed by atoms with van der Waals surface area (Å²) < 4.78 is 32.6. The lowest BCUT2D eigenvalue weighted by atomic mass is 10.0. The lowest BCUT2D eigenvalue weighted by molar-refractivity contribution is 0.00529. The Morgan fingerprint density at radius 3 is 2.52 bits per heavy atom. The van der Waals surface area contributed by atoms with E-state index >= 15 is 0 Å². The van der Waals surface area contributed by atoms with Crippen LogP contribution in [0, 0.1) is 12.7 Å². The zero-order valence-corrected chi connectivity index (χ0v) is 23.5. The summed E-state index contributed by atoms with van der Waals surface area (Å²) in [7, 11) is 0. The fourth-order valence-electron chi connectivity index (χ4n) is 5.23. The standard InChI is InChI=1S/C29H36FN5O5/c1-19-13-26(36)34(23-14-20(30)16-32-27(19)23)10-9-33-7-5-22(6-8-33)35(28(37)40-29(2,3)4)18-21-15-24-25(17-31-21)39-12-11-38-24/h13-17,22H,5-12,18H2,1-4H3. The SMILES string of the molecule is Cc1cc(=O)n(CCN2CCC(N(Cc3cc4c(cn3)OCCO4)C(=O)OC(C)(C)C)CC2)c2cc(F)cnc12. The summed E-state index contributed by atoms with van der Waals surface area (Å²) in [6, 6.07) is 4.70. The molecule has 214 valence electrons. The van der Waals surface area contributed by atoms with Gasteiger partial charge in [0, 0.05) is 50.4 Å². The second-order valence-electron chi connectivity index (χ2n) is 11.3. The molecule has 5 rings (SSSR count). The average molecular weight is 554 g/mol. The summed E-state index contributed by atoms with van der Waals surface area (Å²) in [6.45, 7) is 11.1. The molecule has 3 aromatic rings. The van der Waals surface area contributed by atoms with E-state index in [0.29, 0.717) is 61.1 Å². The third-order valence-corrected chi connectivity index (χ3v) is 7.19. The molecule has 2 aliphatic heterocycles. The van der Waals surface area contributed by atoms with Gasteiger partial charge in [-0.15, -0.1) is 0 Å². The number of aryl methyl sites for hydroxylation is 1. The maximum atomic E-state index is 14.0. The molecule has 0 spiro atoms. The van der Waals surface area contributed by atoms with Crippen LogP contribution in [0.5, 0.6) is 11.5 Å². The number of rotatable bonds is 6. The van der Waals surface area contributed by atoms with Gasteiger partial charge >= 0.3 is 6.09 Å². The summed E-state index contributed by atoms with van der Waals surface area (Å²) in [5.74, 6) is 0.761. The van der Waals surface area contributed by atoms with Crippen LogP contribution >= 0.6 is 0 Å². The van der Waals surface area contributed by atoms with Crippen molar-refractivity contribution in [3.8, 4) is 11.5 Å². The van der Waals surface area contributed by atoms with E-state index in [1.165, 1.54) is 12.3 Å². The summed E-state index contributed by atoms with van der Waals surface area (Å²) in [5, 5.41) is 0. The zero-order chi connectivity index (χ0) is 28.4. The Morgan fingerprint density at radius 1 is 1.07 bits per heavy atom. The van der Waals surface area contributed by atoms with Crippen LogP contribution in [0.2, 0.25) is 0 Å². The van der Waals surface area contributed by atoms with Gasteiger partial charge in [-0.25, -0.2) is 9.18 Å². The van der Waals surface area contributed by atoms with Crippen molar-refractivity contribution in [3.63, 3.8) is 0 Å². The van der Waals surface area contributed by atoms with E-state index in [2.05, 4.69) is 14.9 Å². The molecular weight excluding hydrogens is 517 g/mol. The van der Waals surface area contributed by atoms with E-state index in [1.54, 1.807) is 28.7 Å². The Kier molecular flexibility index (Phi) is 7.93. The van der Waals surface area contributed by atoms with E-state index in [-0.39, 0.29) is 17.7 Å². The van der Waals surface area contributed by atoms with Crippen molar-refractivity contribution < 1.29 is 23.4 Å². The van der Waals surface area contributed by atoms with Crippen LogP contribution in [-0.4, -0.2) is 74.9 Å². The molecule has 0 saturated carbocycles. The van der Waals surface area contributed by atoms with E-state index < -0.39 is 11.4 Å². The summed E-state index contributed by atoms with van der Waals surface area (Å²) >= 11 is 0. The Hall–Kier alpha value is -3.73. The predicted molar refractivity (Wildman–Crippen MR) is 147 cm³/mol. The van der Waals surface area contributed by atoms with Crippen LogP contribution < -0.4 is 15.0 Å². The van der Waals surface area contributed by atoms with E-state index in [4.69, 9.17) is 14.2 Å². The molecule has 10 nitrogen and oxygen atoms in total. The smallest absolute Gasteiger partial charge is 0.410 e. The number of pyridine rings is 3. The minimum absolute atomic E-state index is 0.0395. The first-order valence-electron chi connectivity index (χ1n) is 13.7. The highest BCUT2D eigenvalue weighted by Gasteiger charge is 2.32. The monoisotopic (exact) mass is 553 g/mol. The number of piperidine rings is 1. The number of fused-ring (bicyclic) bond motifs is 2. The summed E-state index contributed by atoms with van der Waals surface area (Å²) in [4.78, 5) is 38.7. The van der Waals surface area contributed by atoms with Crippen molar-refractivity contribution in [2.45, 2.75) is 65.3 Å². The summed E-state index contributed by atoms with van der Waals surface area (Å²) in [6.07, 6.45) is 3.91. The van der Waals surface area contributed by atoms with Crippen LogP contribution in [0.3, 0.4) is 0 Å². The molecule has 5 heterocycles. The molecule has 0 N–H and O–H groups in total. The molecule has 40 heavy (non-hydrogen) atoms. The Bertz CT molecular complexity index is 1450. The quantitative estimate of drug-likeness (QED) is 0.453. The third kappa shape index (κ3) is 6.35. The highest BCUT2D eigenvalue weighted by molar-refractivity contribution is 5.77. The van der Waals surface area contributed by atoms with Gasteiger partial charge in [0.05, 0.1) is 35.7 Å². The van der Waals surface area contributed by atoms with E-state index in [9.17, 15) is 14.0 Å². The first-order valence-corrected chi connectivity index (χ1v) is 13.7. The van der Waals surface area contributed by atoms with Crippen LogP contribution in [0.15, 0.2) is 35.4 Å². The Labute approximate surface area is 232 Å². The number of hydrogen-bond acceptors (Lipinski definition) is 8. The predicted octanol–water partition coefficient (Wildman–Crippen LogP) is 3.91. The van der Waals surface area contributed by atoms with Gasteiger partial charge in [0.2, 0.25) is 0 Å². The van der Waals surface area contributed by atoms with Crippen LogP contribution in [0.4, 0.5) is 9.18 Å². The third-order valence-electron chi connectivity index (χ3n) is 7.19. The molecule has 3 aromatic heterocycles.